The predicted molar refractivity (Wildman–Crippen MR) is 75.9 cm³/mol. The molecule has 0 bridgehead atoms. The van der Waals surface area contributed by atoms with E-state index in [1.165, 1.54) is 6.07 Å². The summed E-state index contributed by atoms with van der Waals surface area (Å²) in [5, 5.41) is 19.6. The first-order valence-corrected chi connectivity index (χ1v) is 7.39. The molecule has 1 saturated heterocycles. The normalized spacial score (nSPS) is 28.7. The molecule has 1 aromatic rings. The topological polar surface area (TPSA) is 96.4 Å². The van der Waals surface area contributed by atoms with Gasteiger partial charge in [0.05, 0.1) is 24.2 Å². The molecule has 0 aliphatic carbocycles. The Labute approximate surface area is 127 Å². The highest BCUT2D eigenvalue weighted by molar-refractivity contribution is 6.05. The summed E-state index contributed by atoms with van der Waals surface area (Å²) in [7, 11) is 0. The minimum atomic E-state index is -0.569. The maximum absolute atomic E-state index is 12.5. The zero-order chi connectivity index (χ0) is 15.9. The van der Waals surface area contributed by atoms with Gasteiger partial charge in [0, 0.05) is 6.07 Å². The number of epoxide rings is 1. The van der Waals surface area contributed by atoms with E-state index in [1.807, 2.05) is 6.92 Å². The number of benzene rings is 1. The van der Waals surface area contributed by atoms with Crippen molar-refractivity contribution in [1.29, 1.82) is 0 Å². The molecule has 22 heavy (non-hydrogen) atoms. The van der Waals surface area contributed by atoms with Gasteiger partial charge in [-0.15, -0.1) is 0 Å². The lowest BCUT2D eigenvalue weighted by Gasteiger charge is -2.15. The van der Waals surface area contributed by atoms with Crippen LogP contribution in [0, 0.1) is 0 Å². The van der Waals surface area contributed by atoms with E-state index in [4.69, 9.17) is 9.47 Å². The number of phenols is 2. The average Bonchev–Trinajstić information content (AvgIpc) is 3.15. The molecular formula is C16H18O6. The number of aromatic hydroxyl groups is 2. The molecule has 6 nitrogen and oxygen atoms in total. The van der Waals surface area contributed by atoms with E-state index in [-0.39, 0.29) is 47.0 Å². The summed E-state index contributed by atoms with van der Waals surface area (Å²) < 4.78 is 10.7. The van der Waals surface area contributed by atoms with Crippen molar-refractivity contribution in [1.82, 2.24) is 0 Å². The Hall–Kier alpha value is -2.08. The average molecular weight is 306 g/mol. The van der Waals surface area contributed by atoms with Crippen molar-refractivity contribution in [3.63, 3.8) is 0 Å². The van der Waals surface area contributed by atoms with Gasteiger partial charge in [0.25, 0.3) is 0 Å². The van der Waals surface area contributed by atoms with Gasteiger partial charge in [-0.25, -0.2) is 0 Å². The molecule has 0 spiro atoms. The molecule has 2 heterocycles. The van der Waals surface area contributed by atoms with Crippen molar-refractivity contribution in [2.24, 2.45) is 0 Å². The minimum Gasteiger partial charge on any atom is -0.508 e. The molecule has 3 atom stereocenters. The summed E-state index contributed by atoms with van der Waals surface area (Å²) >= 11 is 0. The number of fused-ring (bicyclic) bond motifs is 2. The van der Waals surface area contributed by atoms with Gasteiger partial charge in [-0.1, -0.05) is 0 Å². The van der Waals surface area contributed by atoms with Crippen LogP contribution in [0.4, 0.5) is 0 Å². The zero-order valence-electron chi connectivity index (χ0n) is 12.2. The van der Waals surface area contributed by atoms with Gasteiger partial charge in [0.1, 0.15) is 17.6 Å². The molecule has 2 aliphatic heterocycles. The van der Waals surface area contributed by atoms with Crippen LogP contribution in [0.25, 0.3) is 0 Å². The van der Waals surface area contributed by atoms with Crippen LogP contribution in [0.1, 0.15) is 42.1 Å². The molecule has 1 fully saturated rings. The van der Waals surface area contributed by atoms with E-state index >= 15 is 0 Å². The SMILES string of the molecule is C[C@@H]1CCC[C@@H]2O[C@@H]2C(=O)c2c(O)cc(O)cc2CC(=O)O1. The van der Waals surface area contributed by atoms with Crippen LogP contribution in [0.3, 0.4) is 0 Å². The molecule has 1 aromatic carbocycles. The van der Waals surface area contributed by atoms with Gasteiger partial charge >= 0.3 is 5.97 Å². The first-order chi connectivity index (χ1) is 10.5. The fourth-order valence-electron chi connectivity index (χ4n) is 2.92. The highest BCUT2D eigenvalue weighted by Gasteiger charge is 2.46. The van der Waals surface area contributed by atoms with Crippen molar-refractivity contribution < 1.29 is 29.3 Å². The number of ether oxygens (including phenoxy) is 2. The van der Waals surface area contributed by atoms with E-state index in [1.54, 1.807) is 0 Å². The quantitative estimate of drug-likeness (QED) is 0.559. The zero-order valence-corrected chi connectivity index (χ0v) is 12.2. The predicted octanol–water partition coefficient (Wildman–Crippen LogP) is 1.71. The Balaban J connectivity index is 1.98. The van der Waals surface area contributed by atoms with Crippen LogP contribution in [0.15, 0.2) is 12.1 Å². The maximum atomic E-state index is 12.5. The van der Waals surface area contributed by atoms with Crippen LogP contribution in [-0.4, -0.2) is 40.3 Å². The molecule has 0 saturated carbocycles. The second-order valence-electron chi connectivity index (χ2n) is 5.87. The van der Waals surface area contributed by atoms with Crippen LogP contribution >= 0.6 is 0 Å². The highest BCUT2D eigenvalue weighted by atomic mass is 16.6. The molecule has 2 aliphatic rings. The second kappa shape index (κ2) is 5.61. The minimum absolute atomic E-state index is 0.0375. The summed E-state index contributed by atoms with van der Waals surface area (Å²) in [5.41, 5.74) is 0.296. The summed E-state index contributed by atoms with van der Waals surface area (Å²) in [6.07, 6.45) is 1.13. The molecule has 3 rings (SSSR count). The highest BCUT2D eigenvalue weighted by Crippen LogP contribution is 2.36. The van der Waals surface area contributed by atoms with E-state index < -0.39 is 12.1 Å². The Bertz CT molecular complexity index is 623. The number of hydrogen-bond donors (Lipinski definition) is 2. The molecular weight excluding hydrogens is 288 g/mol. The van der Waals surface area contributed by atoms with E-state index in [0.29, 0.717) is 12.8 Å². The Morgan fingerprint density at radius 2 is 1.95 bits per heavy atom. The summed E-state index contributed by atoms with van der Waals surface area (Å²) in [6, 6.07) is 2.40. The molecule has 0 unspecified atom stereocenters. The smallest absolute Gasteiger partial charge is 0.310 e. The Morgan fingerprint density at radius 1 is 1.18 bits per heavy atom. The largest absolute Gasteiger partial charge is 0.508 e. The van der Waals surface area contributed by atoms with Gasteiger partial charge in [-0.05, 0) is 37.8 Å². The first kappa shape index (κ1) is 14.8. The molecule has 118 valence electrons. The van der Waals surface area contributed by atoms with Crippen molar-refractivity contribution in [2.75, 3.05) is 0 Å². The molecule has 2 N–H and O–H groups in total. The number of Topliss-reactive ketones (excluding diaryl/α,β-unsaturated/α-hetero) is 1. The van der Waals surface area contributed by atoms with E-state index in [0.717, 1.165) is 12.5 Å². The third kappa shape index (κ3) is 2.92. The lowest BCUT2D eigenvalue weighted by molar-refractivity contribution is -0.147. The van der Waals surface area contributed by atoms with Crippen LogP contribution in [-0.2, 0) is 20.7 Å². The number of rotatable bonds is 0. The van der Waals surface area contributed by atoms with E-state index in [2.05, 4.69) is 0 Å². The second-order valence-corrected chi connectivity index (χ2v) is 5.87. The van der Waals surface area contributed by atoms with Gasteiger partial charge < -0.3 is 19.7 Å². The van der Waals surface area contributed by atoms with Crippen molar-refractivity contribution in [3.8, 4) is 11.5 Å². The summed E-state index contributed by atoms with van der Waals surface area (Å²) in [6.45, 7) is 1.82. The Kier molecular flexibility index (Phi) is 3.78. The number of esters is 1. The first-order valence-electron chi connectivity index (χ1n) is 7.39. The maximum Gasteiger partial charge on any atom is 0.310 e. The Morgan fingerprint density at radius 3 is 2.73 bits per heavy atom. The number of hydrogen-bond acceptors (Lipinski definition) is 6. The van der Waals surface area contributed by atoms with Gasteiger partial charge in [0.2, 0.25) is 0 Å². The van der Waals surface area contributed by atoms with Crippen molar-refractivity contribution >= 4 is 11.8 Å². The lowest BCUT2D eigenvalue weighted by Crippen LogP contribution is -2.20. The monoisotopic (exact) mass is 306 g/mol. The molecule has 0 amide bonds. The van der Waals surface area contributed by atoms with Gasteiger partial charge in [0.15, 0.2) is 5.78 Å². The van der Waals surface area contributed by atoms with Crippen molar-refractivity contribution in [3.05, 3.63) is 23.3 Å². The van der Waals surface area contributed by atoms with Gasteiger partial charge in [-0.3, -0.25) is 9.59 Å². The summed E-state index contributed by atoms with van der Waals surface area (Å²) in [5.74, 6) is -1.38. The van der Waals surface area contributed by atoms with Crippen LogP contribution in [0.5, 0.6) is 11.5 Å². The third-order valence-corrected chi connectivity index (χ3v) is 4.04. The number of ketones is 1. The number of cyclic esters (lactones) is 1. The lowest BCUT2D eigenvalue weighted by atomic mass is 9.95. The molecule has 0 aromatic heterocycles. The van der Waals surface area contributed by atoms with Crippen LogP contribution in [0.2, 0.25) is 0 Å². The standard InChI is InChI=1S/C16H18O6/c1-8-3-2-4-12-16(22-12)15(20)14-9(6-13(19)21-8)5-10(17)7-11(14)18/h5,7-8,12,16-18H,2-4,6H2,1H3/t8-,12+,16+/m1/s1. The van der Waals surface area contributed by atoms with Crippen LogP contribution < -0.4 is 0 Å². The fourth-order valence-corrected chi connectivity index (χ4v) is 2.92. The number of carbonyl (C=O) groups excluding carboxylic acids is 2. The fraction of sp³-hybridized carbons (Fsp3) is 0.500. The van der Waals surface area contributed by atoms with E-state index in [9.17, 15) is 19.8 Å². The summed E-state index contributed by atoms with van der Waals surface area (Å²) in [4.78, 5) is 24.4. The number of carbonyl (C=O) groups is 2. The molecule has 0 radical (unpaired) electrons. The van der Waals surface area contributed by atoms with Crippen molar-refractivity contribution in [2.45, 2.75) is 50.9 Å². The van der Waals surface area contributed by atoms with Gasteiger partial charge in [-0.2, -0.15) is 0 Å². The molecule has 6 heteroatoms. The number of phenolic OH excluding ortho intramolecular Hbond substituents is 2. The third-order valence-electron chi connectivity index (χ3n) is 4.04.